The van der Waals surface area contributed by atoms with E-state index in [1.165, 1.54) is 12.8 Å². The summed E-state index contributed by atoms with van der Waals surface area (Å²) in [5.41, 5.74) is 8.65. The van der Waals surface area contributed by atoms with E-state index in [9.17, 15) is 13.6 Å². The predicted molar refractivity (Wildman–Crippen MR) is 125 cm³/mol. The van der Waals surface area contributed by atoms with Crippen molar-refractivity contribution >= 4 is 28.5 Å². The first-order valence-corrected chi connectivity index (χ1v) is 11.6. The molecule has 2 aromatic carbocycles. The van der Waals surface area contributed by atoms with Gasteiger partial charge in [-0.15, -0.1) is 0 Å². The fourth-order valence-electron chi connectivity index (χ4n) is 4.28. The van der Waals surface area contributed by atoms with Crippen LogP contribution in [0.25, 0.3) is 0 Å². The zero-order valence-corrected chi connectivity index (χ0v) is 19.3. The molecule has 1 amide bonds. The van der Waals surface area contributed by atoms with Crippen LogP contribution in [0.4, 0.5) is 11.4 Å². The summed E-state index contributed by atoms with van der Waals surface area (Å²) in [6, 6.07) is 15.2. The largest absolute Gasteiger partial charge is 0.724 e. The molecule has 1 aliphatic heterocycles. The number of nitrogen functional groups attached to an aromatic ring is 1. The Morgan fingerprint density at radius 2 is 1.81 bits per heavy atom. The number of anilines is 1. The SMILES string of the molecule is CN(C(=O)Cc1cccc(N)c1[N+](C)(C)S(=O)[O-])[C@H](CN1CCCC1)c1ccccc1. The quantitative estimate of drug-likeness (QED) is 0.384. The number of rotatable bonds is 8. The highest BCUT2D eigenvalue weighted by atomic mass is 32.2. The molecule has 8 heteroatoms. The first-order chi connectivity index (χ1) is 14.7. The Labute approximate surface area is 187 Å². The summed E-state index contributed by atoms with van der Waals surface area (Å²) < 4.78 is 23.3. The Morgan fingerprint density at radius 1 is 1.16 bits per heavy atom. The van der Waals surface area contributed by atoms with Crippen LogP contribution >= 0.6 is 0 Å². The van der Waals surface area contributed by atoms with Gasteiger partial charge >= 0.3 is 0 Å². The number of hydrogen-bond donors (Lipinski definition) is 1. The molecule has 1 fully saturated rings. The number of likely N-dealkylation sites (N-methyl/N-ethyl adjacent to an activating group) is 1. The van der Waals surface area contributed by atoms with Crippen molar-refractivity contribution in [2.45, 2.75) is 25.3 Å². The van der Waals surface area contributed by atoms with E-state index in [0.29, 0.717) is 16.9 Å². The van der Waals surface area contributed by atoms with Crippen LogP contribution in [-0.4, -0.2) is 65.2 Å². The molecule has 0 spiro atoms. The molecule has 0 aliphatic carbocycles. The number of carbonyl (C=O) groups excluding carboxylic acids is 1. The molecule has 1 saturated heterocycles. The van der Waals surface area contributed by atoms with Crippen LogP contribution in [0.3, 0.4) is 0 Å². The summed E-state index contributed by atoms with van der Waals surface area (Å²) in [4.78, 5) is 17.6. The molecule has 0 saturated carbocycles. The summed E-state index contributed by atoms with van der Waals surface area (Å²) in [7, 11) is 4.92. The minimum absolute atomic E-state index is 0.0726. The highest BCUT2D eigenvalue weighted by molar-refractivity contribution is 7.78. The van der Waals surface area contributed by atoms with Crippen LogP contribution in [0.1, 0.15) is 30.0 Å². The molecular weight excluding hydrogens is 412 g/mol. The van der Waals surface area contributed by atoms with Gasteiger partial charge in [-0.25, -0.2) is 8.10 Å². The van der Waals surface area contributed by atoms with Gasteiger partial charge in [-0.3, -0.25) is 4.79 Å². The molecular formula is C23H32N4O3S. The minimum Gasteiger partial charge on any atom is -0.724 e. The number of nitrogens with two attached hydrogens (primary N) is 1. The normalized spacial score (nSPS) is 16.8. The molecule has 1 unspecified atom stereocenters. The Hall–Kier alpha value is -2.26. The average Bonchev–Trinajstić information content (AvgIpc) is 3.25. The first kappa shape index (κ1) is 23.4. The van der Waals surface area contributed by atoms with E-state index >= 15 is 0 Å². The maximum Gasteiger partial charge on any atom is 0.227 e. The van der Waals surface area contributed by atoms with Crippen molar-refractivity contribution in [1.29, 1.82) is 0 Å². The molecule has 7 nitrogen and oxygen atoms in total. The molecule has 168 valence electrons. The Balaban J connectivity index is 1.87. The summed E-state index contributed by atoms with van der Waals surface area (Å²) in [5, 5.41) is 0. The van der Waals surface area contributed by atoms with Gasteiger partial charge in [-0.05, 0) is 37.6 Å². The molecule has 3 rings (SSSR count). The van der Waals surface area contributed by atoms with Crippen LogP contribution in [0, 0.1) is 0 Å². The number of benzene rings is 2. The summed E-state index contributed by atoms with van der Waals surface area (Å²) in [5.74, 6) is -0.0726. The number of carbonyl (C=O) groups is 1. The van der Waals surface area contributed by atoms with Crippen molar-refractivity contribution in [2.75, 3.05) is 46.5 Å². The van der Waals surface area contributed by atoms with E-state index < -0.39 is 15.2 Å². The highest BCUT2D eigenvalue weighted by Crippen LogP contribution is 2.33. The fourth-order valence-corrected chi connectivity index (χ4v) is 4.65. The Bertz CT molecular complexity index is 930. The molecule has 1 aliphatic rings. The molecule has 0 radical (unpaired) electrons. The zero-order chi connectivity index (χ0) is 22.6. The first-order valence-electron chi connectivity index (χ1n) is 10.6. The number of amides is 1. The second-order valence-electron chi connectivity index (χ2n) is 8.54. The number of quaternary nitrogens is 1. The third kappa shape index (κ3) is 5.33. The van der Waals surface area contributed by atoms with Crippen molar-refractivity contribution in [3.8, 4) is 0 Å². The monoisotopic (exact) mass is 444 g/mol. The van der Waals surface area contributed by atoms with Crippen molar-refractivity contribution in [1.82, 2.24) is 13.7 Å². The number of para-hydroxylation sites is 1. The van der Waals surface area contributed by atoms with Gasteiger partial charge in [0.05, 0.1) is 32.2 Å². The van der Waals surface area contributed by atoms with Gasteiger partial charge in [0.15, 0.2) is 17.0 Å². The van der Waals surface area contributed by atoms with Gasteiger partial charge in [-0.2, -0.15) is 0 Å². The highest BCUT2D eigenvalue weighted by Gasteiger charge is 2.31. The Morgan fingerprint density at radius 3 is 2.42 bits per heavy atom. The fraction of sp³-hybridized carbons (Fsp3) is 0.435. The molecule has 0 aromatic heterocycles. The minimum atomic E-state index is -2.44. The molecule has 1 heterocycles. The molecule has 31 heavy (non-hydrogen) atoms. The van der Waals surface area contributed by atoms with Crippen LogP contribution in [0.15, 0.2) is 48.5 Å². The molecule has 2 aromatic rings. The molecule has 0 bridgehead atoms. The molecule has 2 atom stereocenters. The maximum absolute atomic E-state index is 13.4. The maximum atomic E-state index is 13.4. The van der Waals surface area contributed by atoms with E-state index in [0.717, 1.165) is 25.2 Å². The zero-order valence-electron chi connectivity index (χ0n) is 18.5. The van der Waals surface area contributed by atoms with Crippen molar-refractivity contribution in [3.63, 3.8) is 0 Å². The lowest BCUT2D eigenvalue weighted by atomic mass is 10.0. The lowest BCUT2D eigenvalue weighted by molar-refractivity contribution is -0.131. The van der Waals surface area contributed by atoms with Crippen LogP contribution in [-0.2, 0) is 22.5 Å². The van der Waals surface area contributed by atoms with Crippen LogP contribution in [0.2, 0.25) is 0 Å². The van der Waals surface area contributed by atoms with Gasteiger partial charge in [0.25, 0.3) is 0 Å². The van der Waals surface area contributed by atoms with Crippen molar-refractivity contribution < 1.29 is 13.6 Å². The third-order valence-electron chi connectivity index (χ3n) is 6.08. The number of hydrogen-bond acceptors (Lipinski definition) is 5. The predicted octanol–water partition coefficient (Wildman–Crippen LogP) is 2.47. The second-order valence-corrected chi connectivity index (χ2v) is 9.89. The topological polar surface area (TPSA) is 89.7 Å². The van der Waals surface area contributed by atoms with Gasteiger partial charge in [0.1, 0.15) is 0 Å². The van der Waals surface area contributed by atoms with Gasteiger partial charge < -0.3 is 20.1 Å². The van der Waals surface area contributed by atoms with E-state index in [4.69, 9.17) is 5.73 Å². The van der Waals surface area contributed by atoms with Crippen molar-refractivity contribution in [3.05, 3.63) is 59.7 Å². The number of likely N-dealkylation sites (tertiary alicyclic amines) is 1. The average molecular weight is 445 g/mol. The summed E-state index contributed by atoms with van der Waals surface area (Å²) in [6.07, 6.45) is 2.45. The smallest absolute Gasteiger partial charge is 0.227 e. The van der Waals surface area contributed by atoms with E-state index in [2.05, 4.69) is 17.0 Å². The standard InChI is InChI=1S/C23H32N4O3S/c1-25(21(17-26-14-7-8-15-26)18-10-5-4-6-11-18)22(28)16-19-12-9-13-20(24)23(19)27(2,3)31(29)30/h4-6,9-13,21H,7-8,14-17,24H2,1-3H3/t21-/m1/s1. The van der Waals surface area contributed by atoms with Gasteiger partial charge in [-0.1, -0.05) is 42.5 Å². The Kier molecular flexibility index (Phi) is 7.48. The second kappa shape index (κ2) is 9.91. The van der Waals surface area contributed by atoms with Gasteiger partial charge in [0.2, 0.25) is 5.91 Å². The third-order valence-corrected chi connectivity index (χ3v) is 7.01. The van der Waals surface area contributed by atoms with Crippen LogP contribution < -0.4 is 9.62 Å². The molecule has 2 N–H and O–H groups in total. The van der Waals surface area contributed by atoms with Crippen LogP contribution in [0.5, 0.6) is 0 Å². The lowest BCUT2D eigenvalue weighted by Gasteiger charge is -2.34. The van der Waals surface area contributed by atoms with Crippen molar-refractivity contribution in [2.24, 2.45) is 0 Å². The number of nitrogens with zero attached hydrogens (tertiary/aromatic N) is 3. The van der Waals surface area contributed by atoms with E-state index in [1.54, 1.807) is 37.2 Å². The summed E-state index contributed by atoms with van der Waals surface area (Å²) in [6.45, 7) is 2.87. The van der Waals surface area contributed by atoms with Gasteiger partial charge in [0, 0.05) is 19.2 Å². The lowest BCUT2D eigenvalue weighted by Crippen LogP contribution is -2.44. The van der Waals surface area contributed by atoms with E-state index in [1.807, 2.05) is 25.2 Å². The van der Waals surface area contributed by atoms with E-state index in [-0.39, 0.29) is 18.4 Å². The summed E-state index contributed by atoms with van der Waals surface area (Å²) >= 11 is -2.44.